The van der Waals surface area contributed by atoms with Gasteiger partial charge in [-0.05, 0) is 58.7 Å². The zero-order chi connectivity index (χ0) is 17.9. The average Bonchev–Trinajstić information content (AvgIpc) is 2.94. The molecule has 2 rings (SSSR count). The van der Waals surface area contributed by atoms with E-state index in [0.717, 1.165) is 16.9 Å². The summed E-state index contributed by atoms with van der Waals surface area (Å²) in [6.45, 7) is 1.86. The summed E-state index contributed by atoms with van der Waals surface area (Å²) in [5, 5.41) is 2.83. The third kappa shape index (κ3) is 4.38. The quantitative estimate of drug-likeness (QED) is 0.847. The Balaban J connectivity index is 1.99. The van der Waals surface area contributed by atoms with Crippen LogP contribution in [0.2, 0.25) is 0 Å². The van der Waals surface area contributed by atoms with E-state index in [1.54, 1.807) is 19.2 Å². The lowest BCUT2D eigenvalue weighted by Gasteiger charge is -2.18. The van der Waals surface area contributed by atoms with E-state index in [1.807, 2.05) is 44.1 Å². The first-order valence-corrected chi connectivity index (χ1v) is 8.16. The number of anilines is 2. The van der Waals surface area contributed by atoms with Crippen molar-refractivity contribution in [1.29, 1.82) is 0 Å². The smallest absolute Gasteiger partial charge is 0.289 e. The van der Waals surface area contributed by atoms with Gasteiger partial charge in [0, 0.05) is 32.5 Å². The van der Waals surface area contributed by atoms with Crippen LogP contribution in [-0.4, -0.2) is 44.4 Å². The lowest BCUT2D eigenvalue weighted by molar-refractivity contribution is -0.116. The van der Waals surface area contributed by atoms with Gasteiger partial charge in [-0.3, -0.25) is 9.59 Å². The number of carbonyl (C=O) groups is 2. The van der Waals surface area contributed by atoms with E-state index in [4.69, 9.17) is 4.42 Å². The second-order valence-corrected chi connectivity index (χ2v) is 6.49. The highest BCUT2D eigenvalue weighted by Crippen LogP contribution is 2.21. The molecule has 7 heteroatoms. The summed E-state index contributed by atoms with van der Waals surface area (Å²) in [6, 6.07) is 8.97. The van der Waals surface area contributed by atoms with Crippen molar-refractivity contribution in [2.24, 2.45) is 0 Å². The lowest BCUT2D eigenvalue weighted by Crippen LogP contribution is -2.34. The fraction of sp³-hybridized carbons (Fsp3) is 0.294. The molecule has 0 saturated carbocycles. The Hall–Kier alpha value is -2.28. The van der Waals surface area contributed by atoms with E-state index in [-0.39, 0.29) is 24.1 Å². The van der Waals surface area contributed by atoms with E-state index in [9.17, 15) is 9.59 Å². The molecule has 2 aromatic rings. The summed E-state index contributed by atoms with van der Waals surface area (Å²) in [5.74, 6) is -0.434. The van der Waals surface area contributed by atoms with Crippen LogP contribution in [0.25, 0.3) is 0 Å². The van der Waals surface area contributed by atoms with Crippen LogP contribution < -0.4 is 10.2 Å². The van der Waals surface area contributed by atoms with Crippen molar-refractivity contribution < 1.29 is 14.0 Å². The molecule has 0 spiro atoms. The van der Waals surface area contributed by atoms with Crippen molar-refractivity contribution in [1.82, 2.24) is 4.90 Å². The Bertz CT molecular complexity index is 755. The molecule has 128 valence electrons. The number of nitrogens with zero attached hydrogens (tertiary/aromatic N) is 2. The molecule has 0 aliphatic heterocycles. The molecule has 0 saturated heterocycles. The molecular formula is C17H20BrN3O3. The van der Waals surface area contributed by atoms with Crippen molar-refractivity contribution >= 4 is 39.1 Å². The van der Waals surface area contributed by atoms with Crippen molar-refractivity contribution in [3.8, 4) is 0 Å². The average molecular weight is 394 g/mol. The van der Waals surface area contributed by atoms with Gasteiger partial charge in [-0.15, -0.1) is 0 Å². The Kier molecular flexibility index (Phi) is 5.66. The number of hydrogen-bond donors (Lipinski definition) is 1. The van der Waals surface area contributed by atoms with Gasteiger partial charge in [0.1, 0.15) is 0 Å². The van der Waals surface area contributed by atoms with Gasteiger partial charge in [-0.1, -0.05) is 0 Å². The predicted molar refractivity (Wildman–Crippen MR) is 97.5 cm³/mol. The topological polar surface area (TPSA) is 65.8 Å². The number of furan rings is 1. The summed E-state index contributed by atoms with van der Waals surface area (Å²) in [5.41, 5.74) is 2.74. The van der Waals surface area contributed by atoms with Crippen LogP contribution in [0.4, 0.5) is 11.4 Å². The highest BCUT2D eigenvalue weighted by Gasteiger charge is 2.18. The molecule has 0 aliphatic rings. The minimum atomic E-state index is -0.351. The van der Waals surface area contributed by atoms with Gasteiger partial charge in [0.15, 0.2) is 10.4 Å². The maximum absolute atomic E-state index is 12.2. The van der Waals surface area contributed by atoms with Gasteiger partial charge in [-0.2, -0.15) is 0 Å². The summed E-state index contributed by atoms with van der Waals surface area (Å²) in [6.07, 6.45) is 0. The van der Waals surface area contributed by atoms with Gasteiger partial charge < -0.3 is 19.5 Å². The Morgan fingerprint density at radius 2 is 1.88 bits per heavy atom. The Morgan fingerprint density at radius 3 is 2.42 bits per heavy atom. The molecule has 0 radical (unpaired) electrons. The second kappa shape index (κ2) is 7.53. The van der Waals surface area contributed by atoms with E-state index >= 15 is 0 Å². The van der Waals surface area contributed by atoms with Gasteiger partial charge in [-0.25, -0.2) is 0 Å². The van der Waals surface area contributed by atoms with Crippen molar-refractivity contribution in [3.05, 3.63) is 46.3 Å². The second-order valence-electron chi connectivity index (χ2n) is 5.71. The summed E-state index contributed by atoms with van der Waals surface area (Å²) >= 11 is 3.15. The van der Waals surface area contributed by atoms with Gasteiger partial charge in [0.2, 0.25) is 5.91 Å². The van der Waals surface area contributed by atoms with Crippen LogP contribution >= 0.6 is 15.9 Å². The summed E-state index contributed by atoms with van der Waals surface area (Å²) in [4.78, 5) is 27.6. The molecule has 0 bridgehead atoms. The fourth-order valence-corrected chi connectivity index (χ4v) is 2.47. The Morgan fingerprint density at radius 1 is 1.17 bits per heavy atom. The summed E-state index contributed by atoms with van der Waals surface area (Å²) in [7, 11) is 5.47. The van der Waals surface area contributed by atoms with E-state index < -0.39 is 0 Å². The molecular weight excluding hydrogens is 374 g/mol. The zero-order valence-corrected chi connectivity index (χ0v) is 15.7. The van der Waals surface area contributed by atoms with Crippen LogP contribution in [-0.2, 0) is 4.79 Å². The maximum Gasteiger partial charge on any atom is 0.289 e. The van der Waals surface area contributed by atoms with E-state index in [1.165, 1.54) is 4.90 Å². The standard InChI is InChI=1S/C17H20BrN3O3/c1-11-9-12(20(2)3)5-6-13(11)19-16(22)10-21(4)17(23)14-7-8-15(18)24-14/h5-9H,10H2,1-4H3,(H,19,22). The number of rotatable bonds is 5. The zero-order valence-electron chi connectivity index (χ0n) is 14.1. The third-order valence-electron chi connectivity index (χ3n) is 3.51. The highest BCUT2D eigenvalue weighted by atomic mass is 79.9. The van der Waals surface area contributed by atoms with Crippen molar-refractivity contribution in [3.63, 3.8) is 0 Å². The third-order valence-corrected chi connectivity index (χ3v) is 3.94. The fourth-order valence-electron chi connectivity index (χ4n) is 2.16. The number of likely N-dealkylation sites (N-methyl/N-ethyl adjacent to an activating group) is 1. The van der Waals surface area contributed by atoms with Crippen LogP contribution in [0.5, 0.6) is 0 Å². The van der Waals surface area contributed by atoms with Gasteiger partial charge in [0.05, 0.1) is 6.54 Å². The van der Waals surface area contributed by atoms with E-state index in [2.05, 4.69) is 21.2 Å². The minimum Gasteiger partial charge on any atom is -0.444 e. The predicted octanol–water partition coefficient (Wildman–Crippen LogP) is 3.13. The molecule has 6 nitrogen and oxygen atoms in total. The van der Waals surface area contributed by atoms with Crippen LogP contribution in [0.15, 0.2) is 39.4 Å². The number of benzene rings is 1. The number of aryl methyl sites for hydroxylation is 1. The molecule has 0 aliphatic carbocycles. The molecule has 1 aromatic carbocycles. The number of amides is 2. The number of hydrogen-bond acceptors (Lipinski definition) is 4. The summed E-state index contributed by atoms with van der Waals surface area (Å²) < 4.78 is 5.68. The first kappa shape index (κ1) is 18.1. The number of carbonyl (C=O) groups excluding carboxylic acids is 2. The molecule has 0 atom stereocenters. The SMILES string of the molecule is Cc1cc(N(C)C)ccc1NC(=O)CN(C)C(=O)c1ccc(Br)o1. The maximum atomic E-state index is 12.2. The van der Waals surface area contributed by atoms with Crippen LogP contribution in [0, 0.1) is 6.92 Å². The van der Waals surface area contributed by atoms with Crippen LogP contribution in [0.3, 0.4) is 0 Å². The first-order valence-electron chi connectivity index (χ1n) is 7.36. The molecule has 0 fully saturated rings. The van der Waals surface area contributed by atoms with Crippen molar-refractivity contribution in [2.75, 3.05) is 37.9 Å². The molecule has 24 heavy (non-hydrogen) atoms. The minimum absolute atomic E-state index is 0.0635. The van der Waals surface area contributed by atoms with Gasteiger partial charge >= 0.3 is 0 Å². The van der Waals surface area contributed by atoms with Crippen molar-refractivity contribution in [2.45, 2.75) is 6.92 Å². The first-order chi connectivity index (χ1) is 11.3. The van der Waals surface area contributed by atoms with E-state index in [0.29, 0.717) is 4.67 Å². The highest BCUT2D eigenvalue weighted by molar-refractivity contribution is 9.10. The normalized spacial score (nSPS) is 10.4. The molecule has 2 amide bonds. The molecule has 1 N–H and O–H groups in total. The number of nitrogens with one attached hydrogen (secondary N) is 1. The molecule has 0 unspecified atom stereocenters. The van der Waals surface area contributed by atoms with Gasteiger partial charge in [0.25, 0.3) is 5.91 Å². The lowest BCUT2D eigenvalue weighted by atomic mass is 10.1. The monoisotopic (exact) mass is 393 g/mol. The van der Waals surface area contributed by atoms with Crippen LogP contribution in [0.1, 0.15) is 16.1 Å². The molecule has 1 aromatic heterocycles. The number of halogens is 1. The largest absolute Gasteiger partial charge is 0.444 e. The Labute approximate surface area is 149 Å². The molecule has 1 heterocycles.